The molecular weight excluding hydrogens is 494 g/mol. The molecular formula is C23H36FIN4O. The van der Waals surface area contributed by atoms with E-state index in [0.717, 1.165) is 51.3 Å². The van der Waals surface area contributed by atoms with Gasteiger partial charge in [-0.05, 0) is 49.3 Å². The van der Waals surface area contributed by atoms with Crippen molar-refractivity contribution in [2.75, 3.05) is 33.7 Å². The number of hydrogen-bond acceptors (Lipinski definition) is 2. The lowest BCUT2D eigenvalue weighted by molar-refractivity contribution is -0.121. The highest BCUT2D eigenvalue weighted by Gasteiger charge is 2.34. The molecule has 1 amide bonds. The number of likely N-dealkylation sites (tertiary alicyclic amines) is 1. The summed E-state index contributed by atoms with van der Waals surface area (Å²) in [4.78, 5) is 18.5. The maximum absolute atomic E-state index is 13.5. The van der Waals surface area contributed by atoms with E-state index in [0.29, 0.717) is 12.3 Å². The molecule has 0 unspecified atom stereocenters. The predicted molar refractivity (Wildman–Crippen MR) is 131 cm³/mol. The molecule has 0 spiro atoms. The van der Waals surface area contributed by atoms with Crippen molar-refractivity contribution < 1.29 is 9.18 Å². The molecule has 5 nitrogen and oxygen atoms in total. The first-order valence-corrected chi connectivity index (χ1v) is 11.0. The zero-order valence-electron chi connectivity index (χ0n) is 18.3. The molecule has 1 saturated heterocycles. The Morgan fingerprint density at radius 2 is 1.80 bits per heavy atom. The van der Waals surface area contributed by atoms with Crippen molar-refractivity contribution in [2.24, 2.45) is 10.9 Å². The van der Waals surface area contributed by atoms with Gasteiger partial charge in [0.05, 0.1) is 0 Å². The topological polar surface area (TPSA) is 56.7 Å². The van der Waals surface area contributed by atoms with Gasteiger partial charge in [0.2, 0.25) is 5.91 Å². The number of amides is 1. The molecule has 1 heterocycles. The van der Waals surface area contributed by atoms with Gasteiger partial charge in [0.25, 0.3) is 0 Å². The number of hydrogen-bond donors (Lipinski definition) is 2. The van der Waals surface area contributed by atoms with Gasteiger partial charge in [-0.2, -0.15) is 0 Å². The minimum absolute atomic E-state index is 0. The van der Waals surface area contributed by atoms with Gasteiger partial charge in [0.1, 0.15) is 5.82 Å². The van der Waals surface area contributed by atoms with Crippen molar-refractivity contribution in [3.63, 3.8) is 0 Å². The van der Waals surface area contributed by atoms with E-state index in [4.69, 9.17) is 0 Å². The second-order valence-corrected chi connectivity index (χ2v) is 8.56. The third-order valence-electron chi connectivity index (χ3n) is 6.73. The average molecular weight is 530 g/mol. The molecule has 1 saturated carbocycles. The quantitative estimate of drug-likeness (QED) is 0.343. The number of rotatable bonds is 5. The normalized spacial score (nSPS) is 19.7. The number of halogens is 2. The fourth-order valence-electron chi connectivity index (χ4n) is 4.89. The van der Waals surface area contributed by atoms with Gasteiger partial charge >= 0.3 is 0 Å². The number of carbonyl (C=O) groups is 1. The summed E-state index contributed by atoms with van der Waals surface area (Å²) in [5.41, 5.74) is 1.27. The first-order chi connectivity index (χ1) is 14.1. The van der Waals surface area contributed by atoms with Gasteiger partial charge in [0.15, 0.2) is 5.96 Å². The van der Waals surface area contributed by atoms with Gasteiger partial charge in [-0.3, -0.25) is 9.79 Å². The van der Waals surface area contributed by atoms with Gasteiger partial charge in [-0.25, -0.2) is 4.39 Å². The largest absolute Gasteiger partial charge is 0.359 e. The maximum Gasteiger partial charge on any atom is 0.220 e. The van der Waals surface area contributed by atoms with Crippen LogP contribution in [0, 0.1) is 11.7 Å². The van der Waals surface area contributed by atoms with Crippen LogP contribution < -0.4 is 10.6 Å². The number of piperidine rings is 1. The minimum atomic E-state index is -0.178. The zero-order valence-corrected chi connectivity index (χ0v) is 20.6. The van der Waals surface area contributed by atoms with Crippen molar-refractivity contribution in [3.05, 3.63) is 35.6 Å². The Bertz CT molecular complexity index is 696. The van der Waals surface area contributed by atoms with Crippen LogP contribution in [0.15, 0.2) is 29.3 Å². The molecule has 30 heavy (non-hydrogen) atoms. The Morgan fingerprint density at radius 1 is 1.17 bits per heavy atom. The molecule has 2 N–H and O–H groups in total. The van der Waals surface area contributed by atoms with Crippen LogP contribution in [0.5, 0.6) is 0 Å². The van der Waals surface area contributed by atoms with E-state index in [1.54, 1.807) is 19.2 Å². The Kier molecular flexibility index (Phi) is 9.84. The van der Waals surface area contributed by atoms with Gasteiger partial charge in [-0.1, -0.05) is 31.4 Å². The number of nitrogens with one attached hydrogen (secondary N) is 2. The van der Waals surface area contributed by atoms with Crippen LogP contribution in [0.25, 0.3) is 0 Å². The van der Waals surface area contributed by atoms with E-state index in [-0.39, 0.29) is 41.1 Å². The highest BCUT2D eigenvalue weighted by atomic mass is 127. The second-order valence-electron chi connectivity index (χ2n) is 8.56. The summed E-state index contributed by atoms with van der Waals surface area (Å²) in [6, 6.07) is 7.07. The summed E-state index contributed by atoms with van der Waals surface area (Å²) in [5.74, 6) is 1.34. The number of nitrogens with zero attached hydrogens (tertiary/aromatic N) is 2. The second kappa shape index (κ2) is 11.9. The molecule has 2 aliphatic rings. The molecule has 1 aromatic rings. The molecule has 0 radical (unpaired) electrons. The molecule has 1 aliphatic heterocycles. The summed E-state index contributed by atoms with van der Waals surface area (Å²) >= 11 is 0. The highest BCUT2D eigenvalue weighted by Crippen LogP contribution is 2.39. The summed E-state index contributed by atoms with van der Waals surface area (Å²) in [6.07, 6.45) is 8.58. The highest BCUT2D eigenvalue weighted by molar-refractivity contribution is 14.0. The number of guanidine groups is 1. The first-order valence-electron chi connectivity index (χ1n) is 11.0. The fourth-order valence-corrected chi connectivity index (χ4v) is 4.89. The van der Waals surface area contributed by atoms with Gasteiger partial charge < -0.3 is 15.5 Å². The average Bonchev–Trinajstić information content (AvgIpc) is 2.76. The van der Waals surface area contributed by atoms with Crippen LogP contribution in [0.2, 0.25) is 0 Å². The standard InChI is InChI=1S/C23H35FN4O.HI/c1-25-21(29)16-18-10-14-28(15-11-18)22(26-2)27-17-23(12-4-3-5-13-23)19-6-8-20(24)9-7-19;/h6-9,18H,3-5,10-17H2,1-2H3,(H,25,29)(H,26,27);1H. The number of aliphatic imine (C=N–C) groups is 1. The summed E-state index contributed by atoms with van der Waals surface area (Å²) in [5, 5.41) is 6.36. The summed E-state index contributed by atoms with van der Waals surface area (Å²) < 4.78 is 13.5. The molecule has 0 atom stereocenters. The molecule has 2 fully saturated rings. The van der Waals surface area contributed by atoms with E-state index in [1.807, 2.05) is 19.2 Å². The van der Waals surface area contributed by atoms with Crippen LogP contribution in [-0.2, 0) is 10.2 Å². The van der Waals surface area contributed by atoms with Gasteiger partial charge in [0, 0.05) is 45.6 Å². The fraction of sp³-hybridized carbons (Fsp3) is 0.652. The molecule has 3 rings (SSSR count). The van der Waals surface area contributed by atoms with E-state index < -0.39 is 0 Å². The molecule has 0 bridgehead atoms. The van der Waals surface area contributed by atoms with E-state index in [9.17, 15) is 9.18 Å². The lowest BCUT2D eigenvalue weighted by Gasteiger charge is -2.40. The molecule has 1 aromatic carbocycles. The first kappa shape index (κ1) is 24.9. The van der Waals surface area contributed by atoms with E-state index >= 15 is 0 Å². The van der Waals surface area contributed by atoms with Crippen molar-refractivity contribution in [3.8, 4) is 0 Å². The lowest BCUT2D eigenvalue weighted by Crippen LogP contribution is -2.50. The Hall–Kier alpha value is -1.38. The van der Waals surface area contributed by atoms with Crippen molar-refractivity contribution in [1.29, 1.82) is 0 Å². The van der Waals surface area contributed by atoms with Crippen LogP contribution >= 0.6 is 24.0 Å². The Morgan fingerprint density at radius 3 is 2.37 bits per heavy atom. The third-order valence-corrected chi connectivity index (χ3v) is 6.73. The predicted octanol–water partition coefficient (Wildman–Crippen LogP) is 4.07. The van der Waals surface area contributed by atoms with Gasteiger partial charge in [-0.15, -0.1) is 24.0 Å². The SMILES string of the molecule is CN=C(NCC1(c2ccc(F)cc2)CCCCC1)N1CCC(CC(=O)NC)CC1.I. The summed E-state index contributed by atoms with van der Waals surface area (Å²) in [6.45, 7) is 2.67. The Balaban J connectivity index is 0.00000320. The molecule has 7 heteroatoms. The third kappa shape index (κ3) is 6.31. The van der Waals surface area contributed by atoms with Crippen molar-refractivity contribution in [1.82, 2.24) is 15.5 Å². The van der Waals surface area contributed by atoms with E-state index in [1.165, 1.54) is 24.8 Å². The van der Waals surface area contributed by atoms with Crippen LogP contribution in [0.1, 0.15) is 56.9 Å². The van der Waals surface area contributed by atoms with Crippen molar-refractivity contribution in [2.45, 2.75) is 56.8 Å². The summed E-state index contributed by atoms with van der Waals surface area (Å²) in [7, 11) is 3.54. The van der Waals surface area contributed by atoms with E-state index in [2.05, 4.69) is 20.5 Å². The minimum Gasteiger partial charge on any atom is -0.359 e. The van der Waals surface area contributed by atoms with Crippen molar-refractivity contribution >= 4 is 35.8 Å². The lowest BCUT2D eigenvalue weighted by atomic mass is 9.69. The molecule has 1 aliphatic carbocycles. The maximum atomic E-state index is 13.5. The number of benzene rings is 1. The molecule has 168 valence electrons. The smallest absolute Gasteiger partial charge is 0.220 e. The zero-order chi connectivity index (χ0) is 20.7. The molecule has 0 aromatic heterocycles. The van der Waals surface area contributed by atoms with Crippen LogP contribution in [0.3, 0.4) is 0 Å². The van der Waals surface area contributed by atoms with Crippen LogP contribution in [0.4, 0.5) is 4.39 Å². The number of carbonyl (C=O) groups excluding carboxylic acids is 1. The Labute approximate surface area is 197 Å². The monoisotopic (exact) mass is 530 g/mol. The van der Waals surface area contributed by atoms with Crippen LogP contribution in [-0.4, -0.2) is 50.5 Å².